The van der Waals surface area contributed by atoms with Crippen molar-refractivity contribution >= 4 is 5.91 Å². The molecular weight excluding hydrogens is 262 g/mol. The van der Waals surface area contributed by atoms with Crippen molar-refractivity contribution < 1.29 is 9.90 Å². The van der Waals surface area contributed by atoms with Gasteiger partial charge in [0.1, 0.15) is 0 Å². The average molecular weight is 287 g/mol. The molecular formula is C18H25NO2. The fourth-order valence-electron chi connectivity index (χ4n) is 3.45. The number of carbonyl (C=O) groups is 1. The highest BCUT2D eigenvalue weighted by Gasteiger charge is 2.46. The minimum atomic E-state index is -0.340. The average Bonchev–Trinajstić information content (AvgIpc) is 3.27. The molecule has 0 aliphatic heterocycles. The molecule has 2 fully saturated rings. The number of likely N-dealkylation sites (N-methyl/N-ethyl adjacent to an activating group) is 1. The van der Waals surface area contributed by atoms with Crippen LogP contribution in [0, 0.1) is 11.3 Å². The van der Waals surface area contributed by atoms with Gasteiger partial charge in [-0.2, -0.15) is 0 Å². The monoisotopic (exact) mass is 287 g/mol. The lowest BCUT2D eigenvalue weighted by atomic mass is 9.64. The smallest absolute Gasteiger partial charge is 0.228 e. The van der Waals surface area contributed by atoms with Gasteiger partial charge in [-0.1, -0.05) is 36.8 Å². The van der Waals surface area contributed by atoms with Crippen LogP contribution in [-0.4, -0.2) is 35.6 Å². The van der Waals surface area contributed by atoms with E-state index in [-0.39, 0.29) is 17.4 Å². The first-order valence-corrected chi connectivity index (χ1v) is 8.08. The molecule has 0 radical (unpaired) electrons. The Morgan fingerprint density at radius 1 is 1.33 bits per heavy atom. The van der Waals surface area contributed by atoms with Crippen LogP contribution in [0.1, 0.15) is 37.7 Å². The summed E-state index contributed by atoms with van der Waals surface area (Å²) in [4.78, 5) is 14.6. The molecule has 114 valence electrons. The second-order valence-electron chi connectivity index (χ2n) is 6.89. The maximum atomic E-state index is 12.8. The summed E-state index contributed by atoms with van der Waals surface area (Å²) in [6.45, 7) is 0.486. The zero-order valence-electron chi connectivity index (χ0n) is 12.8. The van der Waals surface area contributed by atoms with Gasteiger partial charge in [-0.3, -0.25) is 4.79 Å². The lowest BCUT2D eigenvalue weighted by Gasteiger charge is -2.43. The Hall–Kier alpha value is -1.35. The normalized spacial score (nSPS) is 21.4. The second kappa shape index (κ2) is 5.80. The van der Waals surface area contributed by atoms with E-state index in [9.17, 15) is 9.90 Å². The second-order valence-corrected chi connectivity index (χ2v) is 6.89. The first kappa shape index (κ1) is 14.6. The van der Waals surface area contributed by atoms with E-state index in [1.165, 1.54) is 5.56 Å². The van der Waals surface area contributed by atoms with Crippen LogP contribution in [0.3, 0.4) is 0 Å². The van der Waals surface area contributed by atoms with Crippen molar-refractivity contribution in [3.8, 4) is 0 Å². The standard InChI is InChI=1S/C18H25NO2/c1-19(13-16(20)15-8-9-15)17(21)18(10-5-11-18)12-14-6-3-2-4-7-14/h2-4,6-7,15-16,20H,5,8-13H2,1H3/t16-/m0/s1. The molecule has 2 saturated carbocycles. The molecule has 0 saturated heterocycles. The third-order valence-electron chi connectivity index (χ3n) is 5.12. The summed E-state index contributed by atoms with van der Waals surface area (Å²) in [5, 5.41) is 10.1. The number of nitrogens with zero attached hydrogens (tertiary/aromatic N) is 1. The van der Waals surface area contributed by atoms with Gasteiger partial charge < -0.3 is 10.0 Å². The van der Waals surface area contributed by atoms with Crippen molar-refractivity contribution in [3.63, 3.8) is 0 Å². The Labute approximate surface area is 127 Å². The molecule has 0 aromatic heterocycles. The molecule has 1 aromatic carbocycles. The van der Waals surface area contributed by atoms with Gasteiger partial charge in [0.05, 0.1) is 11.5 Å². The van der Waals surface area contributed by atoms with Crippen molar-refractivity contribution in [3.05, 3.63) is 35.9 Å². The Morgan fingerprint density at radius 2 is 2.00 bits per heavy atom. The highest BCUT2D eigenvalue weighted by Crippen LogP contribution is 2.45. The summed E-state index contributed by atoms with van der Waals surface area (Å²) in [7, 11) is 1.85. The number of hydrogen-bond donors (Lipinski definition) is 1. The first-order valence-electron chi connectivity index (χ1n) is 8.08. The number of aliphatic hydroxyl groups excluding tert-OH is 1. The van der Waals surface area contributed by atoms with Crippen LogP contribution in [0.4, 0.5) is 0 Å². The summed E-state index contributed by atoms with van der Waals surface area (Å²) in [6.07, 6.45) is 5.80. The van der Waals surface area contributed by atoms with E-state index in [4.69, 9.17) is 0 Å². The number of hydrogen-bond acceptors (Lipinski definition) is 2. The van der Waals surface area contributed by atoms with Gasteiger partial charge in [0.15, 0.2) is 0 Å². The number of benzene rings is 1. The highest BCUT2D eigenvalue weighted by molar-refractivity contribution is 5.83. The molecule has 1 N–H and O–H groups in total. The third-order valence-corrected chi connectivity index (χ3v) is 5.12. The predicted molar refractivity (Wildman–Crippen MR) is 82.8 cm³/mol. The van der Waals surface area contributed by atoms with E-state index in [0.29, 0.717) is 12.5 Å². The van der Waals surface area contributed by atoms with Gasteiger partial charge >= 0.3 is 0 Å². The first-order chi connectivity index (χ1) is 10.1. The molecule has 0 unspecified atom stereocenters. The molecule has 0 spiro atoms. The van der Waals surface area contributed by atoms with Crippen molar-refractivity contribution in [2.75, 3.05) is 13.6 Å². The topological polar surface area (TPSA) is 40.5 Å². The molecule has 1 amide bonds. The molecule has 21 heavy (non-hydrogen) atoms. The summed E-state index contributed by atoms with van der Waals surface area (Å²) >= 11 is 0. The van der Waals surface area contributed by atoms with Crippen LogP contribution in [0.5, 0.6) is 0 Å². The van der Waals surface area contributed by atoms with Gasteiger partial charge in [0.2, 0.25) is 5.91 Å². The zero-order chi connectivity index (χ0) is 14.9. The van der Waals surface area contributed by atoms with Gasteiger partial charge in [-0.25, -0.2) is 0 Å². The molecule has 3 rings (SSSR count). The predicted octanol–water partition coefficient (Wildman–Crippen LogP) is 2.63. The Bertz CT molecular complexity index is 491. The summed E-state index contributed by atoms with van der Waals surface area (Å²) in [5.41, 5.74) is 1.01. The molecule has 0 bridgehead atoms. The van der Waals surface area contributed by atoms with Crippen molar-refractivity contribution in [2.24, 2.45) is 11.3 Å². The zero-order valence-corrected chi connectivity index (χ0v) is 12.8. The summed E-state index contributed by atoms with van der Waals surface area (Å²) < 4.78 is 0. The largest absolute Gasteiger partial charge is 0.391 e. The van der Waals surface area contributed by atoms with Crippen LogP contribution in [-0.2, 0) is 11.2 Å². The van der Waals surface area contributed by atoms with E-state index in [0.717, 1.165) is 38.5 Å². The van der Waals surface area contributed by atoms with Crippen molar-refractivity contribution in [1.82, 2.24) is 4.90 Å². The molecule has 2 aliphatic carbocycles. The number of rotatable bonds is 6. The Balaban J connectivity index is 1.65. The van der Waals surface area contributed by atoms with E-state index in [2.05, 4.69) is 12.1 Å². The molecule has 3 nitrogen and oxygen atoms in total. The van der Waals surface area contributed by atoms with Gasteiger partial charge in [-0.05, 0) is 43.6 Å². The van der Waals surface area contributed by atoms with Crippen LogP contribution >= 0.6 is 0 Å². The third kappa shape index (κ3) is 3.13. The molecule has 0 heterocycles. The van der Waals surface area contributed by atoms with Crippen LogP contribution in [0.2, 0.25) is 0 Å². The quantitative estimate of drug-likeness (QED) is 0.874. The van der Waals surface area contributed by atoms with Gasteiger partial charge in [-0.15, -0.1) is 0 Å². The molecule has 3 heteroatoms. The lowest BCUT2D eigenvalue weighted by molar-refractivity contribution is -0.147. The lowest BCUT2D eigenvalue weighted by Crippen LogP contribution is -2.49. The number of aliphatic hydroxyl groups is 1. The van der Waals surface area contributed by atoms with Crippen molar-refractivity contribution in [2.45, 2.75) is 44.6 Å². The minimum Gasteiger partial charge on any atom is -0.391 e. The van der Waals surface area contributed by atoms with Gasteiger partial charge in [0, 0.05) is 13.6 Å². The minimum absolute atomic E-state index is 0.220. The fraction of sp³-hybridized carbons (Fsp3) is 0.611. The summed E-state index contributed by atoms with van der Waals surface area (Å²) in [6, 6.07) is 10.3. The molecule has 1 atom stereocenters. The van der Waals surface area contributed by atoms with Crippen molar-refractivity contribution in [1.29, 1.82) is 0 Å². The number of amides is 1. The maximum absolute atomic E-state index is 12.8. The SMILES string of the molecule is CN(C[C@H](O)C1CC1)C(=O)C1(Cc2ccccc2)CCC1. The van der Waals surface area contributed by atoms with Gasteiger partial charge in [0.25, 0.3) is 0 Å². The maximum Gasteiger partial charge on any atom is 0.228 e. The van der Waals surface area contributed by atoms with E-state index in [1.807, 2.05) is 25.2 Å². The number of carbonyl (C=O) groups excluding carboxylic acids is 1. The van der Waals surface area contributed by atoms with E-state index < -0.39 is 0 Å². The summed E-state index contributed by atoms with van der Waals surface area (Å²) in [5.74, 6) is 0.643. The van der Waals surface area contributed by atoms with Crippen LogP contribution in [0.25, 0.3) is 0 Å². The van der Waals surface area contributed by atoms with E-state index in [1.54, 1.807) is 4.90 Å². The Kier molecular flexibility index (Phi) is 4.03. The van der Waals surface area contributed by atoms with Crippen LogP contribution in [0.15, 0.2) is 30.3 Å². The Morgan fingerprint density at radius 3 is 2.52 bits per heavy atom. The molecule has 2 aliphatic rings. The van der Waals surface area contributed by atoms with E-state index >= 15 is 0 Å². The van der Waals surface area contributed by atoms with Crippen LogP contribution < -0.4 is 0 Å². The highest BCUT2D eigenvalue weighted by atomic mass is 16.3. The fourth-order valence-corrected chi connectivity index (χ4v) is 3.45. The molecule has 1 aromatic rings.